The molecule has 1 heterocycles. The maximum Gasteiger partial charge on any atom is 0.239 e. The van der Waals surface area contributed by atoms with Gasteiger partial charge in [-0.3, -0.25) is 4.79 Å². The predicted octanol–water partition coefficient (Wildman–Crippen LogP) is -1.28. The summed E-state index contributed by atoms with van der Waals surface area (Å²) in [4.78, 5) is 10.9. The predicted molar refractivity (Wildman–Crippen MR) is 36.7 cm³/mol. The number of carbonyl (C=O) groups is 1. The van der Waals surface area contributed by atoms with Gasteiger partial charge in [0.15, 0.2) is 0 Å². The summed E-state index contributed by atoms with van der Waals surface area (Å²) < 4.78 is 5.08. The van der Waals surface area contributed by atoms with Gasteiger partial charge in [0.2, 0.25) is 5.91 Å². The van der Waals surface area contributed by atoms with E-state index in [1.807, 2.05) is 0 Å². The Bertz CT molecular complexity index is 121. The molecule has 0 spiro atoms. The SMILES string of the molecule is CNC(=O)[C@@H]1COCCN1. The Morgan fingerprint density at radius 1 is 1.80 bits per heavy atom. The van der Waals surface area contributed by atoms with Crippen LogP contribution in [0.1, 0.15) is 0 Å². The van der Waals surface area contributed by atoms with Gasteiger partial charge < -0.3 is 15.4 Å². The molecular formula is C6H12N2O2. The summed E-state index contributed by atoms with van der Waals surface area (Å²) >= 11 is 0. The standard InChI is InChI=1S/C6H12N2O2/c1-7-6(9)5-4-10-3-2-8-5/h5,8H,2-4H2,1H3,(H,7,9)/t5-/m0/s1. The maximum atomic E-state index is 10.9. The van der Waals surface area contributed by atoms with Crippen molar-refractivity contribution >= 4 is 5.91 Å². The molecule has 0 aromatic heterocycles. The van der Waals surface area contributed by atoms with Crippen LogP contribution in [-0.2, 0) is 9.53 Å². The zero-order chi connectivity index (χ0) is 7.40. The van der Waals surface area contributed by atoms with Gasteiger partial charge in [-0.15, -0.1) is 0 Å². The van der Waals surface area contributed by atoms with E-state index in [0.29, 0.717) is 13.2 Å². The minimum atomic E-state index is -0.154. The quantitative estimate of drug-likeness (QED) is 0.482. The minimum Gasteiger partial charge on any atom is -0.378 e. The van der Waals surface area contributed by atoms with Crippen LogP contribution >= 0.6 is 0 Å². The fourth-order valence-corrected chi connectivity index (χ4v) is 0.908. The van der Waals surface area contributed by atoms with Crippen LogP contribution < -0.4 is 10.6 Å². The Labute approximate surface area is 59.9 Å². The van der Waals surface area contributed by atoms with Crippen molar-refractivity contribution < 1.29 is 9.53 Å². The summed E-state index contributed by atoms with van der Waals surface area (Å²) in [6.45, 7) is 1.95. The summed E-state index contributed by atoms with van der Waals surface area (Å²) in [5, 5.41) is 5.59. The number of nitrogens with one attached hydrogen (secondary N) is 2. The van der Waals surface area contributed by atoms with Gasteiger partial charge in [-0.1, -0.05) is 0 Å². The molecule has 4 heteroatoms. The van der Waals surface area contributed by atoms with Crippen LogP contribution in [0, 0.1) is 0 Å². The molecular weight excluding hydrogens is 132 g/mol. The first-order chi connectivity index (χ1) is 4.84. The van der Waals surface area contributed by atoms with E-state index in [4.69, 9.17) is 4.74 Å². The van der Waals surface area contributed by atoms with Gasteiger partial charge in [0.1, 0.15) is 6.04 Å². The van der Waals surface area contributed by atoms with Crippen LogP contribution in [0.15, 0.2) is 0 Å². The highest BCUT2D eigenvalue weighted by Gasteiger charge is 2.18. The van der Waals surface area contributed by atoms with Crippen LogP contribution in [0.3, 0.4) is 0 Å². The van der Waals surface area contributed by atoms with Crippen LogP contribution in [0.5, 0.6) is 0 Å². The van der Waals surface area contributed by atoms with Crippen LogP contribution in [0.2, 0.25) is 0 Å². The molecule has 0 aromatic carbocycles. The van der Waals surface area contributed by atoms with Gasteiger partial charge in [-0.2, -0.15) is 0 Å². The molecule has 1 rings (SSSR count). The van der Waals surface area contributed by atoms with Crippen molar-refractivity contribution in [1.29, 1.82) is 0 Å². The fourth-order valence-electron chi connectivity index (χ4n) is 0.908. The Hall–Kier alpha value is -0.610. The van der Waals surface area contributed by atoms with E-state index in [2.05, 4.69) is 10.6 Å². The van der Waals surface area contributed by atoms with Gasteiger partial charge in [0.25, 0.3) is 0 Å². The zero-order valence-electron chi connectivity index (χ0n) is 6.02. The summed E-state index contributed by atoms with van der Waals surface area (Å²) in [5.41, 5.74) is 0. The van der Waals surface area contributed by atoms with Crippen molar-refractivity contribution in [3.05, 3.63) is 0 Å². The second kappa shape index (κ2) is 3.53. The van der Waals surface area contributed by atoms with E-state index >= 15 is 0 Å². The maximum absolute atomic E-state index is 10.9. The average molecular weight is 144 g/mol. The fraction of sp³-hybridized carbons (Fsp3) is 0.833. The lowest BCUT2D eigenvalue weighted by atomic mass is 10.2. The lowest BCUT2D eigenvalue weighted by molar-refractivity contribution is -0.125. The lowest BCUT2D eigenvalue weighted by Gasteiger charge is -2.21. The van der Waals surface area contributed by atoms with E-state index < -0.39 is 0 Å². The largest absolute Gasteiger partial charge is 0.378 e. The van der Waals surface area contributed by atoms with Gasteiger partial charge in [0.05, 0.1) is 13.2 Å². The first-order valence-electron chi connectivity index (χ1n) is 3.37. The van der Waals surface area contributed by atoms with E-state index in [1.54, 1.807) is 7.05 Å². The molecule has 0 unspecified atom stereocenters. The third-order valence-electron chi connectivity index (χ3n) is 1.48. The molecule has 58 valence electrons. The van der Waals surface area contributed by atoms with Gasteiger partial charge in [-0.25, -0.2) is 0 Å². The summed E-state index contributed by atoms with van der Waals surface area (Å²) in [6, 6.07) is -0.154. The molecule has 1 saturated heterocycles. The number of hydrogen-bond acceptors (Lipinski definition) is 3. The molecule has 1 aliphatic rings. The van der Waals surface area contributed by atoms with Crippen molar-refractivity contribution in [3.63, 3.8) is 0 Å². The third kappa shape index (κ3) is 1.68. The topological polar surface area (TPSA) is 50.4 Å². The van der Waals surface area contributed by atoms with Crippen molar-refractivity contribution in [1.82, 2.24) is 10.6 Å². The molecule has 4 nitrogen and oxygen atoms in total. The van der Waals surface area contributed by atoms with Crippen molar-refractivity contribution in [2.24, 2.45) is 0 Å². The average Bonchev–Trinajstić information content (AvgIpc) is 2.05. The molecule has 0 aromatic rings. The molecule has 0 aliphatic carbocycles. The zero-order valence-corrected chi connectivity index (χ0v) is 6.02. The number of morpholine rings is 1. The first-order valence-corrected chi connectivity index (χ1v) is 3.37. The second-order valence-corrected chi connectivity index (χ2v) is 2.20. The lowest BCUT2D eigenvalue weighted by Crippen LogP contribution is -2.50. The van der Waals surface area contributed by atoms with E-state index in [-0.39, 0.29) is 11.9 Å². The second-order valence-electron chi connectivity index (χ2n) is 2.20. The Morgan fingerprint density at radius 2 is 2.60 bits per heavy atom. The molecule has 1 atom stereocenters. The Balaban J connectivity index is 2.31. The number of carbonyl (C=O) groups excluding carboxylic acids is 1. The Morgan fingerprint density at radius 3 is 3.10 bits per heavy atom. The van der Waals surface area contributed by atoms with Crippen molar-refractivity contribution in [3.8, 4) is 0 Å². The molecule has 0 bridgehead atoms. The van der Waals surface area contributed by atoms with E-state index in [1.165, 1.54) is 0 Å². The number of hydrogen-bond donors (Lipinski definition) is 2. The molecule has 1 amide bonds. The van der Waals surface area contributed by atoms with Crippen LogP contribution in [0.4, 0.5) is 0 Å². The molecule has 0 saturated carbocycles. The number of ether oxygens (including phenoxy) is 1. The summed E-state index contributed by atoms with van der Waals surface area (Å²) in [7, 11) is 1.62. The number of amides is 1. The summed E-state index contributed by atoms with van der Waals surface area (Å²) in [5.74, 6) is -0.000278. The highest BCUT2D eigenvalue weighted by molar-refractivity contribution is 5.81. The molecule has 1 fully saturated rings. The minimum absolute atomic E-state index is 0.000278. The number of rotatable bonds is 1. The smallest absolute Gasteiger partial charge is 0.239 e. The monoisotopic (exact) mass is 144 g/mol. The highest BCUT2D eigenvalue weighted by atomic mass is 16.5. The van der Waals surface area contributed by atoms with E-state index in [9.17, 15) is 4.79 Å². The third-order valence-corrected chi connectivity index (χ3v) is 1.48. The van der Waals surface area contributed by atoms with Gasteiger partial charge >= 0.3 is 0 Å². The molecule has 0 radical (unpaired) electrons. The highest BCUT2D eigenvalue weighted by Crippen LogP contribution is 1.91. The van der Waals surface area contributed by atoms with Crippen LogP contribution in [0.25, 0.3) is 0 Å². The van der Waals surface area contributed by atoms with Crippen molar-refractivity contribution in [2.75, 3.05) is 26.8 Å². The molecule has 1 aliphatic heterocycles. The van der Waals surface area contributed by atoms with Gasteiger partial charge in [-0.05, 0) is 0 Å². The van der Waals surface area contributed by atoms with E-state index in [0.717, 1.165) is 6.54 Å². The normalized spacial score (nSPS) is 25.9. The first kappa shape index (κ1) is 7.50. The van der Waals surface area contributed by atoms with Crippen molar-refractivity contribution in [2.45, 2.75) is 6.04 Å². The summed E-state index contributed by atoms with van der Waals surface area (Å²) in [6.07, 6.45) is 0. The van der Waals surface area contributed by atoms with Gasteiger partial charge in [0, 0.05) is 13.6 Å². The molecule has 10 heavy (non-hydrogen) atoms. The Kier molecular flexibility index (Phi) is 2.65. The number of likely N-dealkylation sites (N-methyl/N-ethyl adjacent to an activating group) is 1. The molecule has 2 N–H and O–H groups in total. The van der Waals surface area contributed by atoms with Crippen LogP contribution in [-0.4, -0.2) is 38.8 Å².